The fraction of sp³-hybridized carbons (Fsp3) is 0.667. The molecule has 2 atom stereocenters. The number of rotatable bonds is 11. The summed E-state index contributed by atoms with van der Waals surface area (Å²) in [6.07, 6.45) is 3.00. The van der Waals surface area contributed by atoms with E-state index in [4.69, 9.17) is 14.4 Å². The number of ether oxygens (including phenoxy) is 2. The fourth-order valence-corrected chi connectivity index (χ4v) is 3.51. The number of amides is 3. The number of nitrogens with one attached hydrogen (secondary N) is 5. The predicted molar refractivity (Wildman–Crippen MR) is 141 cm³/mol. The Morgan fingerprint density at radius 1 is 1.05 bits per heavy atom. The Bertz CT molecular complexity index is 1010. The van der Waals surface area contributed by atoms with E-state index in [1.165, 1.54) is 12.2 Å². The maximum Gasteiger partial charge on any atom is 0.408 e. The zero-order valence-electron chi connectivity index (χ0n) is 23.2. The molecule has 2 aliphatic rings. The number of nitrogens with zero attached hydrogens (tertiary/aromatic N) is 2. The number of carbonyl (C=O) groups excluding carboxylic acids is 3. The van der Waals surface area contributed by atoms with Crippen molar-refractivity contribution < 1.29 is 33.7 Å². The van der Waals surface area contributed by atoms with Crippen molar-refractivity contribution >= 4 is 23.8 Å². The number of allylic oxidation sites excluding steroid dienone is 1. The van der Waals surface area contributed by atoms with Crippen molar-refractivity contribution in [3.8, 4) is 0 Å². The Labute approximate surface area is 227 Å². The van der Waals surface area contributed by atoms with Gasteiger partial charge in [0.2, 0.25) is 5.91 Å². The van der Waals surface area contributed by atoms with Gasteiger partial charge in [-0.1, -0.05) is 0 Å². The van der Waals surface area contributed by atoms with Gasteiger partial charge in [0.15, 0.2) is 0 Å². The van der Waals surface area contributed by atoms with Crippen LogP contribution < -0.4 is 26.9 Å². The van der Waals surface area contributed by atoms with Crippen molar-refractivity contribution in [3.63, 3.8) is 0 Å². The van der Waals surface area contributed by atoms with Gasteiger partial charge in [0.25, 0.3) is 5.70 Å². The average molecular weight is 554 g/mol. The molecule has 218 valence electrons. The number of hydroxylamine groups is 2. The van der Waals surface area contributed by atoms with Crippen LogP contribution in [0.25, 0.3) is 0 Å². The molecule has 3 amide bonds. The number of aliphatic imine (C=N–C) groups is 1. The molecule has 15 heteroatoms. The second-order valence-electron chi connectivity index (χ2n) is 10.9. The van der Waals surface area contributed by atoms with Crippen LogP contribution >= 0.6 is 0 Å². The SMILES string of the molecule is CC(C)(C)OC(=O)NCCCC[C@H](NC(=O)OC(C)(C)C)C(=O)NCCN=C1C=CC([N+](=O)[O-])=C2NONC12. The first-order chi connectivity index (χ1) is 18.2. The molecule has 0 aromatic carbocycles. The van der Waals surface area contributed by atoms with Crippen LogP contribution in [0.4, 0.5) is 9.59 Å². The van der Waals surface area contributed by atoms with Crippen molar-refractivity contribution in [2.24, 2.45) is 4.99 Å². The van der Waals surface area contributed by atoms with E-state index in [2.05, 4.69) is 31.9 Å². The van der Waals surface area contributed by atoms with Crippen LogP contribution in [-0.2, 0) is 19.2 Å². The van der Waals surface area contributed by atoms with Crippen molar-refractivity contribution in [1.29, 1.82) is 0 Å². The minimum Gasteiger partial charge on any atom is -0.444 e. The average Bonchev–Trinajstić information content (AvgIpc) is 3.28. The molecule has 0 saturated carbocycles. The summed E-state index contributed by atoms with van der Waals surface area (Å²) >= 11 is 0. The number of hydrogen-bond donors (Lipinski definition) is 5. The van der Waals surface area contributed by atoms with Crippen molar-refractivity contribution in [2.45, 2.75) is 84.1 Å². The van der Waals surface area contributed by atoms with Gasteiger partial charge in [-0.05, 0) is 66.9 Å². The first-order valence-electron chi connectivity index (χ1n) is 12.7. The molecule has 1 saturated heterocycles. The highest BCUT2D eigenvalue weighted by Crippen LogP contribution is 2.20. The zero-order valence-corrected chi connectivity index (χ0v) is 23.2. The maximum absolute atomic E-state index is 12.9. The molecule has 1 aliphatic heterocycles. The lowest BCUT2D eigenvalue weighted by Crippen LogP contribution is -2.48. The topological polar surface area (TPSA) is 195 Å². The maximum atomic E-state index is 12.9. The number of carbonyl (C=O) groups is 3. The first-order valence-corrected chi connectivity index (χ1v) is 12.7. The number of hydrogen-bond acceptors (Lipinski definition) is 11. The molecule has 1 aliphatic carbocycles. The molecule has 0 radical (unpaired) electrons. The highest BCUT2D eigenvalue weighted by Gasteiger charge is 2.36. The van der Waals surface area contributed by atoms with E-state index in [1.807, 2.05) is 0 Å². The largest absolute Gasteiger partial charge is 0.444 e. The fourth-order valence-electron chi connectivity index (χ4n) is 3.51. The summed E-state index contributed by atoms with van der Waals surface area (Å²) in [6, 6.07) is -1.49. The van der Waals surface area contributed by atoms with E-state index < -0.39 is 46.3 Å². The van der Waals surface area contributed by atoms with Gasteiger partial charge in [0.05, 0.1) is 17.2 Å². The third-order valence-corrected chi connectivity index (χ3v) is 5.11. The molecule has 0 aromatic heterocycles. The third kappa shape index (κ3) is 11.3. The summed E-state index contributed by atoms with van der Waals surface area (Å²) in [5.41, 5.74) is 4.36. The monoisotopic (exact) mass is 553 g/mol. The van der Waals surface area contributed by atoms with E-state index in [-0.39, 0.29) is 24.5 Å². The molecule has 0 bridgehead atoms. The molecule has 1 heterocycles. The number of alkyl carbamates (subject to hydrolysis) is 2. The molecule has 0 spiro atoms. The van der Waals surface area contributed by atoms with Crippen LogP contribution in [0.5, 0.6) is 0 Å². The molecule has 2 rings (SSSR count). The van der Waals surface area contributed by atoms with Crippen molar-refractivity contribution in [1.82, 2.24) is 26.9 Å². The summed E-state index contributed by atoms with van der Waals surface area (Å²) in [5.74, 6) is -0.416. The van der Waals surface area contributed by atoms with Gasteiger partial charge in [0.1, 0.15) is 29.0 Å². The first kappa shape index (κ1) is 31.5. The lowest BCUT2D eigenvalue weighted by Gasteiger charge is -2.23. The van der Waals surface area contributed by atoms with Gasteiger partial charge >= 0.3 is 12.2 Å². The van der Waals surface area contributed by atoms with Gasteiger partial charge in [-0.15, -0.1) is 0 Å². The third-order valence-electron chi connectivity index (χ3n) is 5.11. The zero-order chi connectivity index (χ0) is 29.2. The number of fused-ring (bicyclic) bond motifs is 1. The molecule has 39 heavy (non-hydrogen) atoms. The van der Waals surface area contributed by atoms with Gasteiger partial charge < -0.3 is 25.4 Å². The second-order valence-corrected chi connectivity index (χ2v) is 10.9. The van der Waals surface area contributed by atoms with Crippen molar-refractivity contribution in [3.05, 3.63) is 33.7 Å². The van der Waals surface area contributed by atoms with E-state index in [1.54, 1.807) is 41.5 Å². The quantitative estimate of drug-likeness (QED) is 0.142. The Kier molecular flexibility index (Phi) is 11.2. The molecule has 0 aromatic rings. The molecule has 1 unspecified atom stereocenters. The van der Waals surface area contributed by atoms with Crippen LogP contribution in [0.15, 0.2) is 28.5 Å². The van der Waals surface area contributed by atoms with Gasteiger partial charge in [0, 0.05) is 19.2 Å². The smallest absolute Gasteiger partial charge is 0.408 e. The van der Waals surface area contributed by atoms with Crippen LogP contribution in [-0.4, -0.2) is 71.6 Å². The molecular formula is C24H39N7O8. The minimum atomic E-state index is -0.866. The normalized spacial score (nSPS) is 18.6. The summed E-state index contributed by atoms with van der Waals surface area (Å²) in [7, 11) is 0. The molecular weight excluding hydrogens is 514 g/mol. The van der Waals surface area contributed by atoms with Crippen LogP contribution in [0.2, 0.25) is 0 Å². The molecule has 5 N–H and O–H groups in total. The Morgan fingerprint density at radius 2 is 1.72 bits per heavy atom. The Balaban J connectivity index is 1.88. The predicted octanol–water partition coefficient (Wildman–Crippen LogP) is 1.60. The Hall–Kier alpha value is -3.72. The van der Waals surface area contributed by atoms with Crippen LogP contribution in [0, 0.1) is 10.1 Å². The van der Waals surface area contributed by atoms with Gasteiger partial charge in [-0.2, -0.15) is 10.4 Å². The van der Waals surface area contributed by atoms with Crippen LogP contribution in [0.3, 0.4) is 0 Å². The summed E-state index contributed by atoms with van der Waals surface area (Å²) < 4.78 is 10.5. The second kappa shape index (κ2) is 13.9. The summed E-state index contributed by atoms with van der Waals surface area (Å²) in [5, 5.41) is 19.2. The lowest BCUT2D eigenvalue weighted by molar-refractivity contribution is -0.420. The lowest BCUT2D eigenvalue weighted by atomic mass is 10.0. The Morgan fingerprint density at radius 3 is 2.36 bits per heavy atom. The van der Waals surface area contributed by atoms with Crippen molar-refractivity contribution in [2.75, 3.05) is 19.6 Å². The van der Waals surface area contributed by atoms with Crippen LogP contribution in [0.1, 0.15) is 60.8 Å². The highest BCUT2D eigenvalue weighted by molar-refractivity contribution is 6.03. The van der Waals surface area contributed by atoms with E-state index >= 15 is 0 Å². The standard InChI is InChI=1S/C24H39N7O8/c1-23(2,3)37-21(33)27-12-8-7-9-16(28-22(34)38-24(4,5)6)20(32)26-14-13-25-15-10-11-17(31(35)36)19-18(15)29-39-30-19/h10-11,16,18,29-30H,7-9,12-14H2,1-6H3,(H,26,32)(H,27,33)(H,28,34)/t16-,18?/m0/s1. The molecule has 15 nitrogen and oxygen atoms in total. The van der Waals surface area contributed by atoms with E-state index in [9.17, 15) is 24.5 Å². The number of unbranched alkanes of at least 4 members (excludes halogenated alkanes) is 1. The van der Waals surface area contributed by atoms with E-state index in [0.717, 1.165) is 0 Å². The molecule has 1 fully saturated rings. The number of nitro groups is 1. The van der Waals surface area contributed by atoms with Gasteiger partial charge in [-0.3, -0.25) is 19.9 Å². The highest BCUT2D eigenvalue weighted by atomic mass is 16.8. The minimum absolute atomic E-state index is 0.130. The summed E-state index contributed by atoms with van der Waals surface area (Å²) in [4.78, 5) is 56.9. The van der Waals surface area contributed by atoms with E-state index in [0.29, 0.717) is 31.5 Å². The van der Waals surface area contributed by atoms with Gasteiger partial charge in [-0.25, -0.2) is 15.1 Å². The summed E-state index contributed by atoms with van der Waals surface area (Å²) in [6.45, 7) is 11.2.